The molecule has 0 radical (unpaired) electrons. The van der Waals surface area contributed by atoms with Crippen molar-refractivity contribution in [3.63, 3.8) is 0 Å². The second kappa shape index (κ2) is 13.0. The van der Waals surface area contributed by atoms with Crippen LogP contribution in [0, 0.1) is 0 Å². The standard InChI is InChI=1S/C34H33BrCl2N6O10/c1-39-20-13-23(51-3)22(50-2)12-19(20)38-18(28(39)45)7-8-40-31(48)42-9-6-17-21(43(42)32(40)49)14-33(36)29(46)41(15-35)30(47)34(33,37)26(17)16-10-24(52-4)27(44)25(11-16)53-5/h6,10-13,21,26,44H,7-9,14-15H2,1-5H3. The fraction of sp³-hybridized carbons (Fsp3) is 0.412. The van der Waals surface area contributed by atoms with E-state index < -0.39 is 50.5 Å². The number of rotatable bonds is 9. The van der Waals surface area contributed by atoms with Crippen LogP contribution in [0.5, 0.6) is 28.7 Å². The number of nitrogens with zero attached hydrogens (tertiary/aromatic N) is 6. The number of phenols is 1. The van der Waals surface area contributed by atoms with Crippen molar-refractivity contribution < 1.29 is 33.6 Å². The van der Waals surface area contributed by atoms with E-state index in [4.69, 9.17) is 42.1 Å². The normalized spacial score (nSPS) is 23.4. The summed E-state index contributed by atoms with van der Waals surface area (Å²) in [6, 6.07) is 5.16. The smallest absolute Gasteiger partial charge is 0.347 e. The first-order valence-electron chi connectivity index (χ1n) is 16.2. The quantitative estimate of drug-likeness (QED) is 0.113. The van der Waals surface area contributed by atoms with E-state index in [0.717, 1.165) is 9.47 Å². The van der Waals surface area contributed by atoms with Gasteiger partial charge in [0.15, 0.2) is 32.7 Å². The maximum Gasteiger partial charge on any atom is 0.347 e. The number of hydrogen-bond donors (Lipinski definition) is 1. The molecule has 1 N–H and O–H groups in total. The highest BCUT2D eigenvalue weighted by molar-refractivity contribution is 9.09. The molecule has 2 aromatic heterocycles. The largest absolute Gasteiger partial charge is 0.502 e. The van der Waals surface area contributed by atoms with Gasteiger partial charge in [-0.15, -0.1) is 23.2 Å². The Bertz CT molecular complexity index is 2430. The van der Waals surface area contributed by atoms with Crippen molar-refractivity contribution >= 4 is 62.0 Å². The van der Waals surface area contributed by atoms with E-state index in [1.807, 2.05) is 0 Å². The van der Waals surface area contributed by atoms with Gasteiger partial charge in [0.2, 0.25) is 5.75 Å². The number of aromatic hydroxyl groups is 1. The molecule has 3 aliphatic rings. The van der Waals surface area contributed by atoms with Crippen molar-refractivity contribution in [2.75, 3.05) is 33.9 Å². The predicted octanol–water partition coefficient (Wildman–Crippen LogP) is 2.39. The van der Waals surface area contributed by atoms with Gasteiger partial charge in [-0.1, -0.05) is 22.0 Å². The van der Waals surface area contributed by atoms with Crippen molar-refractivity contribution in [2.24, 2.45) is 7.05 Å². The van der Waals surface area contributed by atoms with E-state index in [9.17, 15) is 29.1 Å². The van der Waals surface area contributed by atoms with Crippen LogP contribution in [0.1, 0.15) is 29.6 Å². The summed E-state index contributed by atoms with van der Waals surface area (Å²) in [7, 11) is 7.20. The fourth-order valence-corrected chi connectivity index (χ4v) is 9.20. The summed E-state index contributed by atoms with van der Waals surface area (Å²) < 4.78 is 26.4. The van der Waals surface area contributed by atoms with E-state index in [1.54, 1.807) is 25.3 Å². The Labute approximate surface area is 318 Å². The molecule has 4 aromatic rings. The summed E-state index contributed by atoms with van der Waals surface area (Å²) in [5.41, 5.74) is -0.235. The number of aryl methyl sites for hydroxylation is 2. The molecule has 7 rings (SSSR count). The lowest BCUT2D eigenvalue weighted by molar-refractivity contribution is -0.138. The van der Waals surface area contributed by atoms with Gasteiger partial charge in [-0.3, -0.25) is 19.3 Å². The van der Waals surface area contributed by atoms with E-state index in [-0.39, 0.29) is 54.3 Å². The van der Waals surface area contributed by atoms with Gasteiger partial charge >= 0.3 is 11.4 Å². The number of hydrogen-bond acceptors (Lipinski definition) is 11. The summed E-state index contributed by atoms with van der Waals surface area (Å²) in [5.74, 6) is -2.20. The number of amides is 2. The molecule has 2 aromatic carbocycles. The first kappa shape index (κ1) is 36.6. The predicted molar refractivity (Wildman–Crippen MR) is 195 cm³/mol. The van der Waals surface area contributed by atoms with E-state index in [1.165, 1.54) is 54.5 Å². The van der Waals surface area contributed by atoms with Gasteiger partial charge < -0.3 is 28.6 Å². The van der Waals surface area contributed by atoms with Gasteiger partial charge in [0.1, 0.15) is 5.69 Å². The Morgan fingerprint density at radius 2 is 1.53 bits per heavy atom. The Hall–Kier alpha value is -4.74. The number of alkyl halides is 3. The number of carbonyl (C=O) groups excluding carboxylic acids is 2. The van der Waals surface area contributed by atoms with Gasteiger partial charge in [-0.25, -0.2) is 28.5 Å². The molecule has 2 aliphatic heterocycles. The summed E-state index contributed by atoms with van der Waals surface area (Å²) in [6.45, 7) is -0.302. The van der Waals surface area contributed by atoms with E-state index in [0.29, 0.717) is 33.7 Å². The number of aromatic nitrogens is 5. The van der Waals surface area contributed by atoms with Gasteiger partial charge in [0.25, 0.3) is 17.4 Å². The third kappa shape index (κ3) is 4.99. The minimum atomic E-state index is -2.10. The van der Waals surface area contributed by atoms with Crippen molar-refractivity contribution in [2.45, 2.75) is 47.6 Å². The minimum absolute atomic E-state index is 0.00121. The Morgan fingerprint density at radius 1 is 0.906 bits per heavy atom. The summed E-state index contributed by atoms with van der Waals surface area (Å²) in [4.78, 5) is 70.8. The van der Waals surface area contributed by atoms with E-state index >= 15 is 0 Å². The van der Waals surface area contributed by atoms with Gasteiger partial charge in [-0.2, -0.15) is 0 Å². The molecule has 4 heterocycles. The van der Waals surface area contributed by atoms with Crippen LogP contribution in [-0.2, 0) is 36.1 Å². The highest BCUT2D eigenvalue weighted by atomic mass is 79.9. The Morgan fingerprint density at radius 3 is 2.13 bits per heavy atom. The van der Waals surface area contributed by atoms with Crippen LogP contribution in [0.2, 0.25) is 0 Å². The first-order valence-corrected chi connectivity index (χ1v) is 18.1. The molecular weight excluding hydrogens is 803 g/mol. The Balaban J connectivity index is 1.34. The molecule has 19 heteroatoms. The maximum atomic E-state index is 14.3. The zero-order valence-corrected chi connectivity index (χ0v) is 32.1. The number of methoxy groups -OCH3 is 4. The molecule has 2 fully saturated rings. The molecule has 4 atom stereocenters. The molecule has 0 bridgehead atoms. The molecule has 280 valence electrons. The molecule has 1 saturated carbocycles. The number of carbonyl (C=O) groups is 2. The molecular formula is C34H33BrCl2N6O10. The van der Waals surface area contributed by atoms with Crippen molar-refractivity contribution in [1.82, 2.24) is 28.4 Å². The van der Waals surface area contributed by atoms with Crippen LogP contribution in [0.25, 0.3) is 11.0 Å². The van der Waals surface area contributed by atoms with Crippen LogP contribution in [0.3, 0.4) is 0 Å². The van der Waals surface area contributed by atoms with E-state index in [2.05, 4.69) is 20.9 Å². The van der Waals surface area contributed by atoms with Crippen molar-refractivity contribution in [3.05, 3.63) is 78.5 Å². The average molecular weight is 836 g/mol. The lowest BCUT2D eigenvalue weighted by atomic mass is 9.64. The van der Waals surface area contributed by atoms with Crippen LogP contribution in [0.4, 0.5) is 0 Å². The molecule has 4 unspecified atom stereocenters. The van der Waals surface area contributed by atoms with Gasteiger partial charge in [0, 0.05) is 44.5 Å². The topological polar surface area (TPSA) is 178 Å². The lowest BCUT2D eigenvalue weighted by Gasteiger charge is -2.49. The molecule has 1 aliphatic carbocycles. The fourth-order valence-electron chi connectivity index (χ4n) is 7.80. The summed E-state index contributed by atoms with van der Waals surface area (Å²) >= 11 is 17.8. The third-order valence-corrected chi connectivity index (χ3v) is 12.3. The first-order chi connectivity index (χ1) is 25.2. The number of ether oxygens (including phenoxy) is 4. The second-order valence-electron chi connectivity index (χ2n) is 12.8. The second-order valence-corrected chi connectivity index (χ2v) is 14.6. The summed E-state index contributed by atoms with van der Waals surface area (Å²) in [6.07, 6.45) is 1.29. The Kier molecular flexibility index (Phi) is 8.97. The van der Waals surface area contributed by atoms with Crippen LogP contribution in [0.15, 0.2) is 50.3 Å². The molecule has 16 nitrogen and oxygen atoms in total. The number of phenolic OH excluding ortho intramolecular Hbond substituents is 1. The van der Waals surface area contributed by atoms with Gasteiger partial charge in [0.05, 0.1) is 57.5 Å². The van der Waals surface area contributed by atoms with Crippen LogP contribution >= 0.6 is 39.1 Å². The molecule has 0 spiro atoms. The monoisotopic (exact) mass is 834 g/mol. The number of benzene rings is 2. The number of allylic oxidation sites excluding steroid dienone is 2. The minimum Gasteiger partial charge on any atom is -0.502 e. The van der Waals surface area contributed by atoms with Crippen LogP contribution in [-0.4, -0.2) is 88.9 Å². The average Bonchev–Trinajstić information content (AvgIpc) is 3.48. The molecule has 1 saturated heterocycles. The summed E-state index contributed by atoms with van der Waals surface area (Å²) in [5, 5.41) is 10.7. The number of imide groups is 1. The van der Waals surface area contributed by atoms with Crippen molar-refractivity contribution in [1.29, 1.82) is 0 Å². The van der Waals surface area contributed by atoms with Gasteiger partial charge in [-0.05, 0) is 23.3 Å². The SMILES string of the molecule is COc1cc2nc(CCn3c(=O)n4n(c3=O)C3CC5(Cl)C(=O)N(CBr)C(=O)C5(Cl)C(c5cc(OC)c(O)c(OC)c5)C3=CC4)c(=O)n(C)c2cc1OC. The highest BCUT2D eigenvalue weighted by Crippen LogP contribution is 2.64. The lowest BCUT2D eigenvalue weighted by Crippen LogP contribution is -2.59. The molecule has 2 amide bonds. The number of likely N-dealkylation sites (tertiary alicyclic amines) is 1. The zero-order chi connectivity index (χ0) is 38.3. The maximum absolute atomic E-state index is 14.3. The third-order valence-electron chi connectivity index (χ3n) is 10.4. The number of halogens is 3. The number of fused-ring (bicyclic) bond motifs is 5. The molecule has 53 heavy (non-hydrogen) atoms. The van der Waals surface area contributed by atoms with Crippen LogP contribution < -0.4 is 35.9 Å². The highest BCUT2D eigenvalue weighted by Gasteiger charge is 2.75. The zero-order valence-electron chi connectivity index (χ0n) is 29.0. The van der Waals surface area contributed by atoms with Crippen molar-refractivity contribution in [3.8, 4) is 28.7 Å².